The summed E-state index contributed by atoms with van der Waals surface area (Å²) in [6.45, 7) is 3.26. The largest absolute Gasteiger partial charge is 0.508 e. The van der Waals surface area contributed by atoms with E-state index < -0.39 is 7.92 Å². The van der Waals surface area contributed by atoms with Crippen molar-refractivity contribution in [3.05, 3.63) is 91.0 Å². The van der Waals surface area contributed by atoms with Crippen LogP contribution in [0.25, 0.3) is 10.8 Å². The number of hydrogen-bond acceptors (Lipinski definition) is 5. The SMILES string of the molecule is C(OCC1CO1)C1CO1.Oc1ccc(P(c2ccc(O)cc2)c2cccc3ccccc23)cc1. The lowest BCUT2D eigenvalue weighted by atomic mass is 10.1. The molecule has 6 rings (SSSR count). The van der Waals surface area contributed by atoms with Gasteiger partial charge in [-0.1, -0.05) is 66.7 Å². The van der Waals surface area contributed by atoms with E-state index in [9.17, 15) is 10.2 Å². The van der Waals surface area contributed by atoms with Gasteiger partial charge in [-0.2, -0.15) is 0 Å². The normalized spacial score (nSPS) is 18.4. The van der Waals surface area contributed by atoms with Gasteiger partial charge in [0.05, 0.1) is 26.4 Å². The first kappa shape index (κ1) is 22.8. The van der Waals surface area contributed by atoms with E-state index in [-0.39, 0.29) is 11.5 Å². The van der Waals surface area contributed by atoms with Gasteiger partial charge in [0.2, 0.25) is 0 Å². The zero-order valence-electron chi connectivity index (χ0n) is 18.7. The average molecular weight is 474 g/mol. The fourth-order valence-corrected chi connectivity index (χ4v) is 6.12. The van der Waals surface area contributed by atoms with Gasteiger partial charge in [0, 0.05) is 0 Å². The van der Waals surface area contributed by atoms with Gasteiger partial charge in [0.1, 0.15) is 23.7 Å². The predicted octanol–water partition coefficient (Wildman–Crippen LogP) is 3.81. The molecule has 0 bridgehead atoms. The Kier molecular flexibility index (Phi) is 7.08. The van der Waals surface area contributed by atoms with Crippen LogP contribution in [-0.4, -0.2) is 48.8 Å². The number of epoxide rings is 2. The molecule has 2 N–H and O–H groups in total. The number of benzene rings is 4. The van der Waals surface area contributed by atoms with Crippen molar-refractivity contribution in [3.63, 3.8) is 0 Å². The Bertz CT molecular complexity index is 1150. The Hall–Kier alpha value is -2.95. The van der Waals surface area contributed by atoms with Crippen LogP contribution in [0.4, 0.5) is 0 Å². The Balaban J connectivity index is 0.000000222. The highest BCUT2D eigenvalue weighted by atomic mass is 31.1. The van der Waals surface area contributed by atoms with Crippen LogP contribution >= 0.6 is 7.92 Å². The highest BCUT2D eigenvalue weighted by molar-refractivity contribution is 7.80. The Morgan fingerprint density at radius 1 is 0.676 bits per heavy atom. The zero-order valence-corrected chi connectivity index (χ0v) is 19.6. The maximum absolute atomic E-state index is 9.66. The molecule has 4 aromatic rings. The lowest BCUT2D eigenvalue weighted by Gasteiger charge is -2.21. The molecule has 6 heteroatoms. The smallest absolute Gasteiger partial charge is 0.115 e. The van der Waals surface area contributed by atoms with E-state index in [1.54, 1.807) is 24.3 Å². The quantitative estimate of drug-likeness (QED) is 0.315. The molecule has 174 valence electrons. The van der Waals surface area contributed by atoms with Gasteiger partial charge in [0.15, 0.2) is 0 Å². The number of phenolic OH excluding ortho intramolecular Hbond substituents is 2. The van der Waals surface area contributed by atoms with Crippen molar-refractivity contribution >= 4 is 34.6 Å². The third-order valence-corrected chi connectivity index (χ3v) is 8.14. The fraction of sp³-hybridized carbons (Fsp3) is 0.214. The molecule has 2 aliphatic rings. The molecular weight excluding hydrogens is 447 g/mol. The van der Waals surface area contributed by atoms with Crippen molar-refractivity contribution in [2.75, 3.05) is 26.4 Å². The molecule has 4 aromatic carbocycles. The first-order valence-electron chi connectivity index (χ1n) is 11.3. The minimum Gasteiger partial charge on any atom is -0.508 e. The van der Waals surface area contributed by atoms with E-state index in [0.717, 1.165) is 37.0 Å². The van der Waals surface area contributed by atoms with Crippen LogP contribution < -0.4 is 15.9 Å². The molecule has 2 unspecified atom stereocenters. The molecule has 2 atom stereocenters. The van der Waals surface area contributed by atoms with Crippen molar-refractivity contribution < 1.29 is 24.4 Å². The Morgan fingerprint density at radius 3 is 1.71 bits per heavy atom. The van der Waals surface area contributed by atoms with Gasteiger partial charge < -0.3 is 24.4 Å². The summed E-state index contributed by atoms with van der Waals surface area (Å²) in [5, 5.41) is 25.4. The van der Waals surface area contributed by atoms with Crippen LogP contribution in [0.1, 0.15) is 0 Å². The van der Waals surface area contributed by atoms with Gasteiger partial charge in [-0.05, 0) is 58.9 Å². The third kappa shape index (κ3) is 5.94. The summed E-state index contributed by atoms with van der Waals surface area (Å²) < 4.78 is 15.1. The van der Waals surface area contributed by atoms with Crippen LogP contribution in [0.3, 0.4) is 0 Å². The average Bonchev–Trinajstić information content (AvgIpc) is 3.79. The topological polar surface area (TPSA) is 74.8 Å². The lowest BCUT2D eigenvalue weighted by molar-refractivity contribution is 0.102. The monoisotopic (exact) mass is 474 g/mol. The summed E-state index contributed by atoms with van der Waals surface area (Å²) in [6, 6.07) is 29.6. The number of ether oxygens (including phenoxy) is 3. The summed E-state index contributed by atoms with van der Waals surface area (Å²) in [5.74, 6) is 0.532. The molecule has 5 nitrogen and oxygen atoms in total. The van der Waals surface area contributed by atoms with E-state index >= 15 is 0 Å². The number of hydrogen-bond donors (Lipinski definition) is 2. The molecule has 0 aliphatic carbocycles. The molecular formula is C28H27O5P. The van der Waals surface area contributed by atoms with Crippen LogP contribution in [0.5, 0.6) is 11.5 Å². The minimum absolute atomic E-state index is 0.266. The second-order valence-corrected chi connectivity index (χ2v) is 10.5. The van der Waals surface area contributed by atoms with Gasteiger partial charge in [-0.25, -0.2) is 0 Å². The molecule has 0 amide bonds. The van der Waals surface area contributed by atoms with Crippen molar-refractivity contribution in [2.24, 2.45) is 0 Å². The number of phenols is 2. The van der Waals surface area contributed by atoms with Crippen molar-refractivity contribution in [3.8, 4) is 11.5 Å². The second kappa shape index (κ2) is 10.5. The molecule has 34 heavy (non-hydrogen) atoms. The predicted molar refractivity (Wildman–Crippen MR) is 136 cm³/mol. The van der Waals surface area contributed by atoms with Crippen LogP contribution in [-0.2, 0) is 14.2 Å². The van der Waals surface area contributed by atoms with E-state index in [1.807, 2.05) is 24.3 Å². The van der Waals surface area contributed by atoms with E-state index in [1.165, 1.54) is 16.1 Å². The van der Waals surface area contributed by atoms with E-state index in [4.69, 9.17) is 14.2 Å². The van der Waals surface area contributed by atoms with Gasteiger partial charge in [-0.3, -0.25) is 0 Å². The number of rotatable bonds is 7. The standard InChI is InChI=1S/C22H17O2P.C6H10O3/c23-17-8-12-19(13-9-17)25(20-14-10-18(24)11-15-20)22-7-3-5-16-4-1-2-6-21(16)22;1(5-3-8-5)7-2-6-4-9-6/h1-15,23-24H;5-6H,1-4H2. The van der Waals surface area contributed by atoms with E-state index in [0.29, 0.717) is 12.2 Å². The van der Waals surface area contributed by atoms with Crippen molar-refractivity contribution in [1.82, 2.24) is 0 Å². The number of aromatic hydroxyl groups is 2. The van der Waals surface area contributed by atoms with Gasteiger partial charge in [-0.15, -0.1) is 0 Å². The summed E-state index contributed by atoms with van der Waals surface area (Å²) in [6.07, 6.45) is 0.785. The highest BCUT2D eigenvalue weighted by Crippen LogP contribution is 2.36. The summed E-state index contributed by atoms with van der Waals surface area (Å²) >= 11 is 0. The lowest BCUT2D eigenvalue weighted by Crippen LogP contribution is -2.21. The summed E-state index contributed by atoms with van der Waals surface area (Å²) in [7, 11) is -0.793. The van der Waals surface area contributed by atoms with Crippen LogP contribution in [0.15, 0.2) is 91.0 Å². The Morgan fingerprint density at radius 2 is 1.18 bits per heavy atom. The maximum atomic E-state index is 9.66. The summed E-state index contributed by atoms with van der Waals surface area (Å²) in [4.78, 5) is 0. The third-order valence-electron chi connectivity index (χ3n) is 5.64. The molecule has 0 spiro atoms. The molecule has 2 heterocycles. The molecule has 2 fully saturated rings. The number of fused-ring (bicyclic) bond motifs is 1. The van der Waals surface area contributed by atoms with Crippen LogP contribution in [0.2, 0.25) is 0 Å². The zero-order chi connectivity index (χ0) is 23.3. The molecule has 2 aliphatic heterocycles. The summed E-state index contributed by atoms with van der Waals surface area (Å²) in [5.41, 5.74) is 0. The maximum Gasteiger partial charge on any atom is 0.115 e. The second-order valence-electron chi connectivity index (χ2n) is 8.31. The van der Waals surface area contributed by atoms with Gasteiger partial charge in [0.25, 0.3) is 0 Å². The van der Waals surface area contributed by atoms with Crippen LogP contribution in [0, 0.1) is 0 Å². The first-order chi connectivity index (χ1) is 16.7. The fourth-order valence-electron chi connectivity index (χ4n) is 3.69. The molecule has 0 radical (unpaired) electrons. The van der Waals surface area contributed by atoms with Gasteiger partial charge >= 0.3 is 0 Å². The van der Waals surface area contributed by atoms with Crippen molar-refractivity contribution in [2.45, 2.75) is 12.2 Å². The van der Waals surface area contributed by atoms with E-state index in [2.05, 4.69) is 42.5 Å². The highest BCUT2D eigenvalue weighted by Gasteiger charge is 2.26. The molecule has 0 saturated carbocycles. The van der Waals surface area contributed by atoms with Crippen molar-refractivity contribution in [1.29, 1.82) is 0 Å². The molecule has 0 aromatic heterocycles. The molecule has 2 saturated heterocycles. The minimum atomic E-state index is -0.793. The first-order valence-corrected chi connectivity index (χ1v) is 12.7. The Labute approximate surface area is 200 Å².